The van der Waals surface area contributed by atoms with Crippen molar-refractivity contribution in [1.82, 2.24) is 0 Å². The van der Waals surface area contributed by atoms with E-state index in [0.29, 0.717) is 0 Å². The summed E-state index contributed by atoms with van der Waals surface area (Å²) < 4.78 is 11.9. The van der Waals surface area contributed by atoms with Gasteiger partial charge in [0.2, 0.25) is 0 Å². The van der Waals surface area contributed by atoms with Gasteiger partial charge in [-0.05, 0) is 107 Å². The van der Waals surface area contributed by atoms with E-state index in [1.165, 1.54) is 32.1 Å². The van der Waals surface area contributed by atoms with Crippen molar-refractivity contribution in [3.63, 3.8) is 0 Å². The van der Waals surface area contributed by atoms with Crippen molar-refractivity contribution in [3.8, 4) is 0 Å². The van der Waals surface area contributed by atoms with Crippen LogP contribution in [0.2, 0.25) is 0 Å². The Balaban J connectivity index is 0.000000789. The van der Waals surface area contributed by atoms with E-state index in [1.54, 1.807) is 13.5 Å². The standard InChI is InChI=1S/C24H42O2.3C2H6/c1-8-16-17(9-2)20-12-19(16)21-14-10-15(18(11-14)22(20)21)13-23(3,4)26-24(5,6)25-7;3*1-2/h14-22H,8-13H2,1-7H3;3*1-2H3. The molecule has 4 saturated carbocycles. The van der Waals surface area contributed by atoms with Crippen molar-refractivity contribution in [2.45, 2.75) is 133 Å². The number of fused-ring (bicyclic) bond motifs is 9. The van der Waals surface area contributed by atoms with Crippen molar-refractivity contribution < 1.29 is 9.47 Å². The van der Waals surface area contributed by atoms with Gasteiger partial charge in [-0.3, -0.25) is 0 Å². The first-order valence-corrected chi connectivity index (χ1v) is 14.5. The van der Waals surface area contributed by atoms with Crippen LogP contribution >= 0.6 is 0 Å². The minimum absolute atomic E-state index is 0.0993. The van der Waals surface area contributed by atoms with E-state index in [2.05, 4.69) is 27.7 Å². The SMILES string of the molecule is CC.CC.CC.CCC1C(CC)C2CC1C1C3CC(CC(C)(C)OC(C)(C)OC)C(C3)C21. The predicted octanol–water partition coefficient (Wildman–Crippen LogP) is 9.22. The van der Waals surface area contributed by atoms with Gasteiger partial charge >= 0.3 is 0 Å². The van der Waals surface area contributed by atoms with Gasteiger partial charge in [-0.2, -0.15) is 0 Å². The van der Waals surface area contributed by atoms with Crippen LogP contribution in [0.15, 0.2) is 0 Å². The topological polar surface area (TPSA) is 18.5 Å². The van der Waals surface area contributed by atoms with E-state index < -0.39 is 5.79 Å². The molecule has 0 radical (unpaired) electrons. The van der Waals surface area contributed by atoms with Crippen LogP contribution < -0.4 is 0 Å². The zero-order valence-corrected chi connectivity index (χ0v) is 24.3. The highest BCUT2D eigenvalue weighted by atomic mass is 16.7. The molecular formula is C30H60O2. The molecule has 0 spiro atoms. The fourth-order valence-electron chi connectivity index (χ4n) is 8.84. The van der Waals surface area contributed by atoms with Crippen LogP contribution in [-0.4, -0.2) is 18.5 Å². The highest BCUT2D eigenvalue weighted by Gasteiger charge is 2.66. The Kier molecular flexibility index (Phi) is 11.8. The Hall–Kier alpha value is -0.0800. The lowest BCUT2D eigenvalue weighted by Gasteiger charge is -2.46. The maximum atomic E-state index is 6.37. The van der Waals surface area contributed by atoms with E-state index in [1.807, 2.05) is 55.4 Å². The van der Waals surface area contributed by atoms with Gasteiger partial charge in [-0.1, -0.05) is 68.2 Å². The molecule has 0 aliphatic heterocycles. The van der Waals surface area contributed by atoms with Gasteiger partial charge in [0, 0.05) is 7.11 Å². The third kappa shape index (κ3) is 5.76. The monoisotopic (exact) mass is 452 g/mol. The minimum atomic E-state index is -0.488. The summed E-state index contributed by atoms with van der Waals surface area (Å²) in [5.74, 6) is 8.76. The van der Waals surface area contributed by atoms with Crippen LogP contribution in [-0.2, 0) is 9.47 Å². The summed E-state index contributed by atoms with van der Waals surface area (Å²) in [5, 5.41) is 0. The molecule has 9 unspecified atom stereocenters. The molecule has 4 rings (SSSR count). The number of rotatable bonds is 7. The molecule has 4 aliphatic carbocycles. The van der Waals surface area contributed by atoms with Crippen LogP contribution in [0.5, 0.6) is 0 Å². The molecule has 0 aromatic heterocycles. The summed E-state index contributed by atoms with van der Waals surface area (Å²) in [5.41, 5.74) is -0.0993. The molecule has 192 valence electrons. The summed E-state index contributed by atoms with van der Waals surface area (Å²) in [4.78, 5) is 0. The first kappa shape index (κ1) is 30.0. The third-order valence-corrected chi connectivity index (χ3v) is 9.16. The summed E-state index contributed by atoms with van der Waals surface area (Å²) in [7, 11) is 1.75. The Morgan fingerprint density at radius 2 is 1.19 bits per heavy atom. The van der Waals surface area contributed by atoms with Gasteiger partial charge in [0.15, 0.2) is 5.79 Å². The molecule has 32 heavy (non-hydrogen) atoms. The second-order valence-corrected chi connectivity index (χ2v) is 11.2. The van der Waals surface area contributed by atoms with E-state index >= 15 is 0 Å². The molecule has 0 aromatic rings. The van der Waals surface area contributed by atoms with Gasteiger partial charge in [0.1, 0.15) is 0 Å². The molecule has 4 fully saturated rings. The second kappa shape index (κ2) is 12.6. The molecule has 0 heterocycles. The Labute approximate surface area is 203 Å². The van der Waals surface area contributed by atoms with Crippen molar-refractivity contribution in [2.24, 2.45) is 53.3 Å². The lowest BCUT2D eigenvalue weighted by Crippen LogP contribution is -2.43. The van der Waals surface area contributed by atoms with Crippen LogP contribution in [0.3, 0.4) is 0 Å². The smallest absolute Gasteiger partial charge is 0.163 e. The molecule has 4 aliphatic rings. The minimum Gasteiger partial charge on any atom is -0.354 e. The maximum absolute atomic E-state index is 6.37. The predicted molar refractivity (Wildman–Crippen MR) is 141 cm³/mol. The largest absolute Gasteiger partial charge is 0.354 e. The van der Waals surface area contributed by atoms with E-state index in [-0.39, 0.29) is 5.60 Å². The fourth-order valence-corrected chi connectivity index (χ4v) is 8.84. The Bertz CT molecular complexity index is 525. The normalized spacial score (nSPS) is 38.7. The third-order valence-electron chi connectivity index (χ3n) is 9.16. The Morgan fingerprint density at radius 3 is 1.66 bits per heavy atom. The summed E-state index contributed by atoms with van der Waals surface area (Å²) >= 11 is 0. The van der Waals surface area contributed by atoms with Crippen molar-refractivity contribution in [1.29, 1.82) is 0 Å². The van der Waals surface area contributed by atoms with Gasteiger partial charge in [0.05, 0.1) is 5.60 Å². The van der Waals surface area contributed by atoms with Crippen molar-refractivity contribution >= 4 is 0 Å². The first-order chi connectivity index (χ1) is 15.2. The summed E-state index contributed by atoms with van der Waals surface area (Å²) in [6.07, 6.45) is 8.63. The Morgan fingerprint density at radius 1 is 0.688 bits per heavy atom. The molecule has 4 bridgehead atoms. The van der Waals surface area contributed by atoms with Crippen LogP contribution in [0.25, 0.3) is 0 Å². The molecule has 0 amide bonds. The van der Waals surface area contributed by atoms with Gasteiger partial charge in [0.25, 0.3) is 0 Å². The quantitative estimate of drug-likeness (QED) is 0.283. The zero-order chi connectivity index (χ0) is 24.9. The molecule has 0 aromatic carbocycles. The van der Waals surface area contributed by atoms with E-state index in [4.69, 9.17) is 9.47 Å². The van der Waals surface area contributed by atoms with Crippen molar-refractivity contribution in [3.05, 3.63) is 0 Å². The fraction of sp³-hybridized carbons (Fsp3) is 1.00. The number of methoxy groups -OCH3 is 1. The molecule has 2 nitrogen and oxygen atoms in total. The highest BCUT2D eigenvalue weighted by Crippen LogP contribution is 2.72. The average molecular weight is 453 g/mol. The van der Waals surface area contributed by atoms with Crippen molar-refractivity contribution in [2.75, 3.05) is 7.11 Å². The molecular weight excluding hydrogens is 392 g/mol. The zero-order valence-electron chi connectivity index (χ0n) is 24.3. The van der Waals surface area contributed by atoms with Gasteiger partial charge in [-0.25, -0.2) is 0 Å². The molecule has 0 saturated heterocycles. The molecule has 9 atom stereocenters. The maximum Gasteiger partial charge on any atom is 0.163 e. The van der Waals surface area contributed by atoms with E-state index in [0.717, 1.165) is 53.3 Å². The van der Waals surface area contributed by atoms with Crippen LogP contribution in [0.1, 0.15) is 122 Å². The van der Waals surface area contributed by atoms with Crippen LogP contribution in [0, 0.1) is 53.3 Å². The summed E-state index contributed by atoms with van der Waals surface area (Å²) in [6, 6.07) is 0. The first-order valence-electron chi connectivity index (χ1n) is 14.5. The molecule has 0 N–H and O–H groups in total. The van der Waals surface area contributed by atoms with Gasteiger partial charge in [-0.15, -0.1) is 0 Å². The highest BCUT2D eigenvalue weighted by molar-refractivity contribution is 5.14. The number of hydrogen-bond acceptors (Lipinski definition) is 2. The molecule has 2 heteroatoms. The number of hydrogen-bond donors (Lipinski definition) is 0. The van der Waals surface area contributed by atoms with E-state index in [9.17, 15) is 0 Å². The van der Waals surface area contributed by atoms with Crippen LogP contribution in [0.4, 0.5) is 0 Å². The lowest BCUT2D eigenvalue weighted by molar-refractivity contribution is -0.255. The lowest BCUT2D eigenvalue weighted by atomic mass is 9.59. The summed E-state index contributed by atoms with van der Waals surface area (Å²) in [6.45, 7) is 25.5. The number of ether oxygens (including phenoxy) is 2. The average Bonchev–Trinajstić information content (AvgIpc) is 3.54. The van der Waals surface area contributed by atoms with Gasteiger partial charge < -0.3 is 9.47 Å². The second-order valence-electron chi connectivity index (χ2n) is 11.2.